The molecular formula is C44H47N3O10S. The Morgan fingerprint density at radius 2 is 1.76 bits per heavy atom. The topological polar surface area (TPSA) is 152 Å². The summed E-state index contributed by atoms with van der Waals surface area (Å²) in [5, 5.41) is 38.8. The number of methoxy groups -OCH3 is 2. The van der Waals surface area contributed by atoms with E-state index in [1.54, 1.807) is 31.0 Å². The predicted octanol–water partition coefficient (Wildman–Crippen LogP) is 5.07. The maximum atomic E-state index is 14.8. The molecule has 7 atom stereocenters. The quantitative estimate of drug-likeness (QED) is 0.199. The number of phenolic OH excluding ortho intramolecular Hbond substituents is 2. The minimum absolute atomic E-state index is 0.00444. The molecule has 2 saturated heterocycles. The summed E-state index contributed by atoms with van der Waals surface area (Å²) < 4.78 is 37.3. The van der Waals surface area contributed by atoms with E-state index >= 15 is 0 Å². The molecule has 304 valence electrons. The van der Waals surface area contributed by atoms with Crippen LogP contribution >= 0.6 is 11.8 Å². The van der Waals surface area contributed by atoms with Gasteiger partial charge in [-0.05, 0) is 73.7 Å². The molecule has 4 aromatic rings. The Bertz CT molecular complexity index is 2340. The number of nitrogens with one attached hydrogen (secondary N) is 1. The van der Waals surface area contributed by atoms with E-state index in [9.17, 15) is 20.1 Å². The summed E-state index contributed by atoms with van der Waals surface area (Å²) in [6.07, 6.45) is 0.0826. The highest BCUT2D eigenvalue weighted by Gasteiger charge is 2.61. The van der Waals surface area contributed by atoms with Crippen LogP contribution in [0.1, 0.15) is 67.4 Å². The predicted molar refractivity (Wildman–Crippen MR) is 214 cm³/mol. The number of nitrogens with zero attached hydrogens (tertiary/aromatic N) is 2. The zero-order valence-corrected chi connectivity index (χ0v) is 33.9. The number of carbonyl (C=O) groups is 1. The van der Waals surface area contributed by atoms with Crippen molar-refractivity contribution >= 4 is 17.7 Å². The molecule has 0 saturated carbocycles. The Morgan fingerprint density at radius 1 is 0.966 bits per heavy atom. The van der Waals surface area contributed by atoms with Crippen LogP contribution in [0.15, 0.2) is 48.5 Å². The van der Waals surface area contributed by atoms with Gasteiger partial charge in [0.1, 0.15) is 25.2 Å². The molecule has 14 heteroatoms. The summed E-state index contributed by atoms with van der Waals surface area (Å²) in [7, 11) is 5.07. The molecule has 1 unspecified atom stereocenters. The Labute approximate surface area is 340 Å². The number of ether oxygens (including phenoxy) is 6. The van der Waals surface area contributed by atoms with Crippen molar-refractivity contribution in [1.82, 2.24) is 15.1 Å². The number of thioether (sulfide) groups is 1. The van der Waals surface area contributed by atoms with E-state index in [4.69, 9.17) is 28.4 Å². The number of piperazine rings is 1. The lowest BCUT2D eigenvalue weighted by Gasteiger charge is -2.62. The van der Waals surface area contributed by atoms with Crippen LogP contribution in [-0.2, 0) is 34.5 Å². The number of phenols is 2. The molecule has 4 N–H and O–H groups in total. The highest BCUT2D eigenvalue weighted by Crippen LogP contribution is 2.64. The van der Waals surface area contributed by atoms with Crippen LogP contribution in [0, 0.1) is 13.8 Å². The van der Waals surface area contributed by atoms with Crippen LogP contribution < -0.4 is 29.0 Å². The summed E-state index contributed by atoms with van der Waals surface area (Å²) in [5.74, 6) is 2.28. The average Bonchev–Trinajstić information content (AvgIpc) is 3.72. The van der Waals surface area contributed by atoms with Crippen molar-refractivity contribution in [2.45, 2.75) is 74.5 Å². The lowest BCUT2D eigenvalue weighted by molar-refractivity contribution is -0.186. The van der Waals surface area contributed by atoms with Gasteiger partial charge in [-0.25, -0.2) is 4.79 Å². The maximum absolute atomic E-state index is 14.8. The van der Waals surface area contributed by atoms with E-state index < -0.39 is 41.1 Å². The second-order valence-corrected chi connectivity index (χ2v) is 17.2. The van der Waals surface area contributed by atoms with E-state index in [2.05, 4.69) is 21.2 Å². The summed E-state index contributed by atoms with van der Waals surface area (Å²) in [6, 6.07) is 13.5. The van der Waals surface area contributed by atoms with Gasteiger partial charge in [0.2, 0.25) is 6.79 Å². The van der Waals surface area contributed by atoms with Gasteiger partial charge in [0, 0.05) is 40.6 Å². The molecule has 0 amide bonds. The lowest BCUT2D eigenvalue weighted by atomic mass is 9.73. The van der Waals surface area contributed by atoms with Gasteiger partial charge in [-0.3, -0.25) is 15.1 Å². The number of aromatic hydroxyl groups is 2. The van der Waals surface area contributed by atoms with Crippen LogP contribution in [0.2, 0.25) is 0 Å². The van der Waals surface area contributed by atoms with Crippen molar-refractivity contribution in [2.24, 2.45) is 0 Å². The normalized spacial score (nSPS) is 28.2. The van der Waals surface area contributed by atoms with Crippen LogP contribution in [0.25, 0.3) is 0 Å². The second kappa shape index (κ2) is 13.9. The van der Waals surface area contributed by atoms with Crippen LogP contribution in [0.3, 0.4) is 0 Å². The lowest BCUT2D eigenvalue weighted by Crippen LogP contribution is -2.70. The van der Waals surface area contributed by atoms with E-state index in [1.807, 2.05) is 51.2 Å². The van der Waals surface area contributed by atoms with Gasteiger partial charge in [-0.1, -0.05) is 36.4 Å². The molecule has 7 heterocycles. The smallest absolute Gasteiger partial charge is 0.331 e. The number of fused-ring (bicyclic) bond motifs is 9. The van der Waals surface area contributed by atoms with Gasteiger partial charge in [-0.2, -0.15) is 0 Å². The third-order valence-corrected chi connectivity index (χ3v) is 14.7. The molecule has 0 radical (unpaired) electrons. The van der Waals surface area contributed by atoms with Crippen molar-refractivity contribution in [3.05, 3.63) is 98.6 Å². The second-order valence-electron chi connectivity index (χ2n) is 16.1. The van der Waals surface area contributed by atoms with Crippen LogP contribution in [0.5, 0.6) is 40.2 Å². The number of benzene rings is 4. The van der Waals surface area contributed by atoms with Crippen molar-refractivity contribution in [1.29, 1.82) is 0 Å². The largest absolute Gasteiger partial charge is 0.504 e. The first-order chi connectivity index (χ1) is 28.1. The minimum Gasteiger partial charge on any atom is -0.504 e. The number of rotatable bonds is 5. The van der Waals surface area contributed by atoms with Gasteiger partial charge in [-0.15, -0.1) is 11.8 Å². The number of aliphatic hydroxyl groups is 1. The summed E-state index contributed by atoms with van der Waals surface area (Å²) in [5.41, 5.74) is 6.15. The van der Waals surface area contributed by atoms with Crippen LogP contribution in [-0.4, -0.2) is 96.4 Å². The van der Waals surface area contributed by atoms with Crippen LogP contribution in [0.4, 0.5) is 0 Å². The van der Waals surface area contributed by atoms with Gasteiger partial charge in [0.25, 0.3) is 0 Å². The van der Waals surface area contributed by atoms with Gasteiger partial charge < -0.3 is 43.7 Å². The number of aliphatic hydroxyl groups excluding tert-OH is 1. The molecule has 13 nitrogen and oxygen atoms in total. The SMILES string of the molecule is COc1cc2c(cc1O)CCN[C@]21CS[C@@H]2c3c(OCc4ccccc4)c(C)c4c(c3[C@@H](COC1=O)N1C2[C@H]2c3c(cc(C)c(OC)c3O)C[C@H]([C@@H]1O)N2C)OCO4. The molecule has 7 aliphatic heterocycles. The van der Waals surface area contributed by atoms with Crippen molar-refractivity contribution in [3.63, 3.8) is 0 Å². The zero-order chi connectivity index (χ0) is 40.2. The first-order valence-corrected chi connectivity index (χ1v) is 20.8. The molecule has 1 spiro atoms. The fourth-order valence-corrected chi connectivity index (χ4v) is 12.3. The molecule has 11 rings (SSSR count). The fraction of sp³-hybridized carbons (Fsp3) is 0.432. The third-order valence-electron chi connectivity index (χ3n) is 13.2. The number of hydrogen-bond acceptors (Lipinski definition) is 14. The van der Waals surface area contributed by atoms with E-state index in [0.29, 0.717) is 47.9 Å². The standard InChI is InChI=1S/C44H47N3O10S/c1-21-13-25-14-27-42(50)47-28-18-55-43(51)44(26-16-30(52-4)29(48)15-24(26)11-12-45-44)19-58-41(35(47)34(46(27)3)31(25)36(49)37(21)53-5)33-32(28)40-39(56-20-57-40)22(2)38(33)54-17-23-9-7-6-8-10-23/h6-10,13,15-16,27-28,34-35,41-42,45,48-50H,11-12,14,17-20H2,1-5H3/t27-,28-,34-,35?,41-,42+,44-/m1/s1. The van der Waals surface area contributed by atoms with E-state index in [0.717, 1.165) is 44.5 Å². The molecular weight excluding hydrogens is 763 g/mol. The van der Waals surface area contributed by atoms with E-state index in [1.165, 1.54) is 7.11 Å². The highest BCUT2D eigenvalue weighted by atomic mass is 32.2. The third kappa shape index (κ3) is 5.27. The molecule has 4 aromatic carbocycles. The van der Waals surface area contributed by atoms with Crippen molar-refractivity contribution in [3.8, 4) is 40.2 Å². The van der Waals surface area contributed by atoms with Gasteiger partial charge in [0.05, 0.1) is 37.6 Å². The summed E-state index contributed by atoms with van der Waals surface area (Å²) in [4.78, 5) is 19.1. The fourth-order valence-electron chi connectivity index (χ4n) is 10.6. The number of hydrogen-bond donors (Lipinski definition) is 4. The Balaban J connectivity index is 1.23. The number of esters is 1. The average molecular weight is 810 g/mol. The van der Waals surface area contributed by atoms with Crippen molar-refractivity contribution in [2.75, 3.05) is 47.0 Å². The zero-order valence-electron chi connectivity index (χ0n) is 33.0. The molecule has 0 aromatic heterocycles. The first kappa shape index (κ1) is 37.4. The first-order valence-electron chi connectivity index (χ1n) is 19.7. The molecule has 0 aliphatic carbocycles. The Morgan fingerprint density at radius 3 is 2.53 bits per heavy atom. The minimum atomic E-state index is -1.31. The Hall–Kier alpha value is -4.86. The van der Waals surface area contributed by atoms with Crippen molar-refractivity contribution < 1.29 is 48.5 Å². The van der Waals surface area contributed by atoms with Gasteiger partial charge >= 0.3 is 5.97 Å². The van der Waals surface area contributed by atoms with E-state index in [-0.39, 0.29) is 49.0 Å². The summed E-state index contributed by atoms with van der Waals surface area (Å²) in [6.45, 7) is 4.55. The Kier molecular flexibility index (Phi) is 8.95. The number of aryl methyl sites for hydroxylation is 1. The number of carbonyl (C=O) groups excluding carboxylic acids is 1. The number of likely N-dealkylation sites (N-methyl/N-ethyl adjacent to an activating group) is 1. The molecule has 2 fully saturated rings. The maximum Gasteiger partial charge on any atom is 0.331 e. The molecule has 4 bridgehead atoms. The monoisotopic (exact) mass is 809 g/mol. The molecule has 58 heavy (non-hydrogen) atoms. The van der Waals surface area contributed by atoms with Gasteiger partial charge in [0.15, 0.2) is 40.0 Å². The highest BCUT2D eigenvalue weighted by molar-refractivity contribution is 7.99. The summed E-state index contributed by atoms with van der Waals surface area (Å²) >= 11 is 1.57. The molecule has 7 aliphatic rings.